The van der Waals surface area contributed by atoms with Gasteiger partial charge in [0.1, 0.15) is 30.2 Å². The Kier molecular flexibility index (Phi) is 14.3. The predicted molar refractivity (Wildman–Crippen MR) is 159 cm³/mol. The lowest BCUT2D eigenvalue weighted by Gasteiger charge is -2.28. The van der Waals surface area contributed by atoms with Gasteiger partial charge in [0.15, 0.2) is 0 Å². The number of phosphoric acid groups is 1. The molecule has 1 aromatic rings. The van der Waals surface area contributed by atoms with Crippen LogP contribution in [0.2, 0.25) is 0 Å². The SMILES string of the molecule is CC(=O)N1CCCC1C(=O)NC(CC(C)C)C(=O)N[C@@H](Cc1cnc[nH]1)C(=O)N[C@@H](CO)C(=O)NC(C(N)=O)C(C)OP(=O)(O)O. The molecule has 1 aliphatic rings. The van der Waals surface area contributed by atoms with Crippen LogP contribution in [0.1, 0.15) is 52.7 Å². The topological polar surface area (TPSA) is 295 Å². The first-order valence-corrected chi connectivity index (χ1v) is 16.1. The highest BCUT2D eigenvalue weighted by atomic mass is 31.2. The number of aliphatic hydroxyl groups excluding tert-OH is 1. The molecular weight excluding hydrogens is 631 g/mol. The van der Waals surface area contributed by atoms with Gasteiger partial charge in [-0.15, -0.1) is 0 Å². The maximum Gasteiger partial charge on any atom is 0.469 e. The number of hydrogen-bond donors (Lipinski definition) is 9. The molecule has 2 rings (SSSR count). The van der Waals surface area contributed by atoms with E-state index in [1.54, 1.807) is 0 Å². The van der Waals surface area contributed by atoms with Crippen molar-refractivity contribution in [1.29, 1.82) is 0 Å². The number of carbonyl (C=O) groups excluding carboxylic acids is 6. The zero-order valence-corrected chi connectivity index (χ0v) is 26.9. The number of rotatable bonds is 17. The number of aromatic nitrogens is 2. The second-order valence-electron chi connectivity index (χ2n) is 11.3. The van der Waals surface area contributed by atoms with Gasteiger partial charge in [0.05, 0.1) is 19.0 Å². The minimum absolute atomic E-state index is 0.0685. The molecule has 6 amide bonds. The van der Waals surface area contributed by atoms with Gasteiger partial charge in [-0.1, -0.05) is 13.8 Å². The predicted octanol–water partition coefficient (Wildman–Crippen LogP) is -3.08. The van der Waals surface area contributed by atoms with Crippen molar-refractivity contribution < 1.29 is 52.7 Å². The summed E-state index contributed by atoms with van der Waals surface area (Å²) in [7, 11) is -5.08. The molecule has 19 nitrogen and oxygen atoms in total. The first-order chi connectivity index (χ1) is 21.4. The van der Waals surface area contributed by atoms with E-state index in [2.05, 4.69) is 35.8 Å². The van der Waals surface area contributed by atoms with E-state index in [1.165, 1.54) is 24.3 Å². The largest absolute Gasteiger partial charge is 0.469 e. The van der Waals surface area contributed by atoms with E-state index in [9.17, 15) is 38.4 Å². The molecule has 1 aliphatic heterocycles. The van der Waals surface area contributed by atoms with Gasteiger partial charge in [-0.25, -0.2) is 9.55 Å². The number of primary amides is 1. The smallest absolute Gasteiger partial charge is 0.394 e. The van der Waals surface area contributed by atoms with Gasteiger partial charge in [-0.05, 0) is 32.1 Å². The van der Waals surface area contributed by atoms with E-state index in [4.69, 9.17) is 15.5 Å². The Morgan fingerprint density at radius 2 is 1.65 bits per heavy atom. The molecule has 4 unspecified atom stereocenters. The first-order valence-electron chi connectivity index (χ1n) is 14.5. The summed E-state index contributed by atoms with van der Waals surface area (Å²) >= 11 is 0. The number of nitrogens with one attached hydrogen (secondary N) is 5. The van der Waals surface area contributed by atoms with Gasteiger partial charge < -0.3 is 51.8 Å². The number of phosphoric ester groups is 1. The fourth-order valence-corrected chi connectivity index (χ4v) is 5.46. The summed E-state index contributed by atoms with van der Waals surface area (Å²) in [6.45, 7) is 5.50. The molecule has 2 heterocycles. The summed E-state index contributed by atoms with van der Waals surface area (Å²) in [6.07, 6.45) is 2.23. The van der Waals surface area contributed by atoms with Gasteiger partial charge in [0, 0.05) is 31.8 Å². The highest BCUT2D eigenvalue weighted by Gasteiger charge is 2.37. The van der Waals surface area contributed by atoms with Crippen molar-refractivity contribution in [2.24, 2.45) is 11.7 Å². The minimum Gasteiger partial charge on any atom is -0.394 e. The number of imidazole rings is 1. The van der Waals surface area contributed by atoms with Crippen molar-refractivity contribution in [2.45, 2.75) is 89.7 Å². The number of amides is 6. The Labute approximate surface area is 265 Å². The van der Waals surface area contributed by atoms with E-state index >= 15 is 0 Å². The summed E-state index contributed by atoms with van der Waals surface area (Å²) in [4.78, 5) is 103. The molecule has 258 valence electrons. The van der Waals surface area contributed by atoms with Crippen LogP contribution in [-0.4, -0.2) is 115 Å². The monoisotopic (exact) mass is 674 g/mol. The van der Waals surface area contributed by atoms with E-state index in [0.717, 1.165) is 6.92 Å². The summed E-state index contributed by atoms with van der Waals surface area (Å²) in [6, 6.07) is -6.67. The maximum atomic E-state index is 13.5. The van der Waals surface area contributed by atoms with Gasteiger partial charge in [0.2, 0.25) is 35.4 Å². The molecule has 0 aliphatic carbocycles. The molecule has 0 bridgehead atoms. The Bertz CT molecular complexity index is 1290. The first kappa shape index (κ1) is 38.3. The van der Waals surface area contributed by atoms with Crippen LogP contribution < -0.4 is 27.0 Å². The molecule has 6 atom stereocenters. The van der Waals surface area contributed by atoms with Gasteiger partial charge in [-0.2, -0.15) is 0 Å². The quantitative estimate of drug-likeness (QED) is 0.0744. The van der Waals surface area contributed by atoms with E-state index < -0.39 is 80.3 Å². The summed E-state index contributed by atoms with van der Waals surface area (Å²) in [5.41, 5.74) is 5.66. The molecular formula is C26H43N8O11P. The van der Waals surface area contributed by atoms with Crippen LogP contribution in [0.4, 0.5) is 0 Å². The Balaban J connectivity index is 2.23. The second-order valence-corrected chi connectivity index (χ2v) is 12.5. The van der Waals surface area contributed by atoms with Crippen LogP contribution in [0, 0.1) is 5.92 Å². The van der Waals surface area contributed by atoms with Crippen LogP contribution in [-0.2, 0) is 44.3 Å². The molecule has 0 radical (unpaired) electrons. The number of nitrogens with zero attached hydrogens (tertiary/aromatic N) is 2. The molecule has 46 heavy (non-hydrogen) atoms. The van der Waals surface area contributed by atoms with E-state index in [-0.39, 0.29) is 24.7 Å². The molecule has 0 aromatic carbocycles. The van der Waals surface area contributed by atoms with E-state index in [1.807, 2.05) is 13.8 Å². The number of nitrogens with two attached hydrogens (primary N) is 1. The van der Waals surface area contributed by atoms with Crippen molar-refractivity contribution in [3.05, 3.63) is 18.2 Å². The third-order valence-electron chi connectivity index (χ3n) is 7.10. The van der Waals surface area contributed by atoms with Crippen molar-refractivity contribution in [3.63, 3.8) is 0 Å². The number of aromatic amines is 1. The lowest BCUT2D eigenvalue weighted by molar-refractivity contribution is -0.139. The third kappa shape index (κ3) is 11.8. The highest BCUT2D eigenvalue weighted by molar-refractivity contribution is 7.46. The Morgan fingerprint density at radius 1 is 1.04 bits per heavy atom. The van der Waals surface area contributed by atoms with Crippen molar-refractivity contribution >= 4 is 43.3 Å². The number of hydrogen-bond acceptors (Lipinski definition) is 10. The van der Waals surface area contributed by atoms with Crippen LogP contribution in [0.5, 0.6) is 0 Å². The van der Waals surface area contributed by atoms with Crippen LogP contribution in [0.3, 0.4) is 0 Å². The normalized spacial score (nSPS) is 18.2. The molecule has 1 saturated heterocycles. The molecule has 0 spiro atoms. The van der Waals surface area contributed by atoms with Gasteiger partial charge in [-0.3, -0.25) is 33.3 Å². The fourth-order valence-electron chi connectivity index (χ4n) is 4.90. The lowest BCUT2D eigenvalue weighted by atomic mass is 10.0. The van der Waals surface area contributed by atoms with Gasteiger partial charge >= 0.3 is 7.82 Å². The lowest BCUT2D eigenvalue weighted by Crippen LogP contribution is -2.61. The van der Waals surface area contributed by atoms with Crippen molar-refractivity contribution in [3.8, 4) is 0 Å². The fraction of sp³-hybridized carbons (Fsp3) is 0.654. The number of likely N-dealkylation sites (tertiary alicyclic amines) is 1. The highest BCUT2D eigenvalue weighted by Crippen LogP contribution is 2.38. The van der Waals surface area contributed by atoms with Crippen LogP contribution >= 0.6 is 7.82 Å². The Morgan fingerprint density at radius 3 is 2.17 bits per heavy atom. The average molecular weight is 675 g/mol. The summed E-state index contributed by atoms with van der Waals surface area (Å²) in [5, 5.41) is 19.5. The number of H-pyrrole nitrogens is 1. The van der Waals surface area contributed by atoms with Gasteiger partial charge in [0.25, 0.3) is 0 Å². The molecule has 10 N–H and O–H groups in total. The van der Waals surface area contributed by atoms with Crippen LogP contribution in [0.15, 0.2) is 12.5 Å². The van der Waals surface area contributed by atoms with E-state index in [0.29, 0.717) is 25.1 Å². The second kappa shape index (κ2) is 17.1. The average Bonchev–Trinajstić information content (AvgIpc) is 3.64. The number of aliphatic hydroxyl groups is 1. The molecule has 0 saturated carbocycles. The number of carbonyl (C=O) groups is 6. The van der Waals surface area contributed by atoms with Crippen molar-refractivity contribution in [2.75, 3.05) is 13.2 Å². The maximum absolute atomic E-state index is 13.5. The molecule has 1 aromatic heterocycles. The Hall–Kier alpha value is -3.90. The standard InChI is InChI=1S/C26H43N8O11P/c1-13(2)8-17(31-26(41)20-6-5-7-34(20)15(4)36)23(38)30-18(9-16-10-28-12-29-16)24(39)32-19(11-35)25(40)33-21(22(27)37)14(3)45-46(42,43)44/h10,12-14,17-21,35H,5-9,11H2,1-4H3,(H2,27,37)(H,28,29)(H,30,38)(H,31,41)(H,32,39)(H,33,40)(H2,42,43,44)/t14?,17?,18-,19-,20?,21?/m0/s1. The molecule has 20 heteroatoms. The minimum atomic E-state index is -5.08. The van der Waals surface area contributed by atoms with Crippen LogP contribution in [0.25, 0.3) is 0 Å². The molecule has 1 fully saturated rings. The third-order valence-corrected chi connectivity index (χ3v) is 7.71. The summed E-state index contributed by atoms with van der Waals surface area (Å²) in [5.74, 6) is -4.89. The summed E-state index contributed by atoms with van der Waals surface area (Å²) < 4.78 is 15.6. The zero-order valence-electron chi connectivity index (χ0n) is 26.0. The van der Waals surface area contributed by atoms with Crippen molar-refractivity contribution in [1.82, 2.24) is 36.1 Å². The zero-order chi connectivity index (χ0) is 34.8.